The lowest BCUT2D eigenvalue weighted by Gasteiger charge is -2.35. The summed E-state index contributed by atoms with van der Waals surface area (Å²) in [7, 11) is -3.18. The Hall–Kier alpha value is -1.26. The topological polar surface area (TPSA) is 74.1 Å². The molecule has 0 bridgehead atoms. The van der Waals surface area contributed by atoms with Gasteiger partial charge in [-0.05, 0) is 6.07 Å². The van der Waals surface area contributed by atoms with Crippen molar-refractivity contribution in [2.45, 2.75) is 5.37 Å². The lowest BCUT2D eigenvalue weighted by Crippen LogP contribution is -2.47. The minimum atomic E-state index is -3.18. The van der Waals surface area contributed by atoms with Gasteiger partial charge in [0.2, 0.25) is 0 Å². The van der Waals surface area contributed by atoms with E-state index in [4.69, 9.17) is 5.26 Å². The van der Waals surface area contributed by atoms with E-state index in [0.29, 0.717) is 23.5 Å². The van der Waals surface area contributed by atoms with Gasteiger partial charge >= 0.3 is 0 Å². The second-order valence-electron chi connectivity index (χ2n) is 4.06. The molecule has 1 unspecified atom stereocenters. The van der Waals surface area contributed by atoms with Gasteiger partial charge in [0.15, 0.2) is 9.84 Å². The fraction of sp³-hybridized carbons (Fsp3) is 0.455. The van der Waals surface area contributed by atoms with Crippen LogP contribution >= 0.6 is 11.8 Å². The molecule has 0 aromatic carbocycles. The SMILES string of the molecule is CS(=O)(=O)C1CSCCN1c1cnccc1C#N. The van der Waals surface area contributed by atoms with Crippen LogP contribution in [0.25, 0.3) is 0 Å². The standard InChI is InChI=1S/C11H13N3O2S2/c1-18(15,16)11-8-17-5-4-14(11)10-7-13-3-2-9(10)6-12/h2-3,7,11H,4-5,8H2,1H3. The molecule has 1 aromatic rings. The highest BCUT2D eigenvalue weighted by Crippen LogP contribution is 2.28. The summed E-state index contributed by atoms with van der Waals surface area (Å²) in [6.07, 6.45) is 4.34. The summed E-state index contributed by atoms with van der Waals surface area (Å²) in [5.41, 5.74) is 1.07. The van der Waals surface area contributed by atoms with Gasteiger partial charge in [-0.2, -0.15) is 17.0 Å². The number of anilines is 1. The Kier molecular flexibility index (Phi) is 3.78. The van der Waals surface area contributed by atoms with Gasteiger partial charge in [0.1, 0.15) is 11.4 Å². The van der Waals surface area contributed by atoms with E-state index in [2.05, 4.69) is 11.1 Å². The van der Waals surface area contributed by atoms with Crippen LogP contribution < -0.4 is 4.90 Å². The van der Waals surface area contributed by atoms with Crippen LogP contribution in [0.1, 0.15) is 5.56 Å². The Morgan fingerprint density at radius 1 is 1.61 bits per heavy atom. The number of aromatic nitrogens is 1. The summed E-state index contributed by atoms with van der Waals surface area (Å²) < 4.78 is 23.6. The Bertz CT molecular complexity index is 580. The van der Waals surface area contributed by atoms with E-state index in [1.165, 1.54) is 12.5 Å². The molecule has 1 aromatic heterocycles. The number of thioether (sulfide) groups is 1. The van der Waals surface area contributed by atoms with Gasteiger partial charge in [-0.3, -0.25) is 4.98 Å². The zero-order valence-corrected chi connectivity index (χ0v) is 11.5. The molecule has 1 saturated heterocycles. The third-order valence-electron chi connectivity index (χ3n) is 2.81. The number of hydrogen-bond donors (Lipinski definition) is 0. The molecule has 0 amide bonds. The van der Waals surface area contributed by atoms with E-state index in [1.807, 2.05) is 0 Å². The maximum absolute atomic E-state index is 11.8. The normalized spacial score (nSPS) is 20.4. The fourth-order valence-electron chi connectivity index (χ4n) is 1.92. The summed E-state index contributed by atoms with van der Waals surface area (Å²) in [5.74, 6) is 1.38. The largest absolute Gasteiger partial charge is 0.351 e. The fourth-order valence-corrected chi connectivity index (χ4v) is 4.75. The van der Waals surface area contributed by atoms with Crippen molar-refractivity contribution in [3.8, 4) is 6.07 Å². The Balaban J connectivity index is 2.44. The summed E-state index contributed by atoms with van der Waals surface area (Å²) in [5, 5.41) is 8.50. The van der Waals surface area contributed by atoms with E-state index in [0.717, 1.165) is 5.75 Å². The van der Waals surface area contributed by atoms with E-state index in [1.54, 1.807) is 28.9 Å². The van der Waals surface area contributed by atoms with E-state index in [9.17, 15) is 8.42 Å². The van der Waals surface area contributed by atoms with Gasteiger partial charge in [-0.1, -0.05) is 0 Å². The van der Waals surface area contributed by atoms with Gasteiger partial charge in [0.05, 0.1) is 17.4 Å². The quantitative estimate of drug-likeness (QED) is 0.802. The van der Waals surface area contributed by atoms with Crippen LogP contribution in [0.2, 0.25) is 0 Å². The molecule has 1 aliphatic rings. The maximum atomic E-state index is 11.8. The summed E-state index contributed by atoms with van der Waals surface area (Å²) in [6.45, 7) is 0.614. The minimum absolute atomic E-state index is 0.463. The molecule has 1 atom stereocenters. The van der Waals surface area contributed by atoms with Crippen molar-refractivity contribution in [2.75, 3.05) is 29.2 Å². The van der Waals surface area contributed by atoms with Crippen molar-refractivity contribution >= 4 is 27.3 Å². The summed E-state index contributed by atoms with van der Waals surface area (Å²) >= 11 is 1.62. The van der Waals surface area contributed by atoms with Crippen LogP contribution in [0.15, 0.2) is 18.5 Å². The number of rotatable bonds is 2. The molecule has 0 radical (unpaired) electrons. The van der Waals surface area contributed by atoms with Gasteiger partial charge in [-0.15, -0.1) is 0 Å². The molecule has 7 heteroatoms. The molecule has 0 N–H and O–H groups in total. The van der Waals surface area contributed by atoms with E-state index < -0.39 is 15.2 Å². The molecule has 2 rings (SSSR count). The average molecular weight is 283 g/mol. The molecule has 0 saturated carbocycles. The van der Waals surface area contributed by atoms with Gasteiger partial charge in [-0.25, -0.2) is 8.42 Å². The predicted molar refractivity (Wildman–Crippen MR) is 72.3 cm³/mol. The highest BCUT2D eigenvalue weighted by Gasteiger charge is 2.32. The van der Waals surface area contributed by atoms with Gasteiger partial charge in [0.25, 0.3) is 0 Å². The molecule has 1 aliphatic heterocycles. The predicted octanol–water partition coefficient (Wildman–Crippen LogP) is 0.877. The molecule has 96 valence electrons. The van der Waals surface area contributed by atoms with Crippen molar-refractivity contribution < 1.29 is 8.42 Å². The van der Waals surface area contributed by atoms with Crippen molar-refractivity contribution in [3.63, 3.8) is 0 Å². The van der Waals surface area contributed by atoms with Crippen LogP contribution in [0, 0.1) is 11.3 Å². The first-order valence-electron chi connectivity index (χ1n) is 5.41. The smallest absolute Gasteiger partial charge is 0.169 e. The van der Waals surface area contributed by atoms with Crippen molar-refractivity contribution in [1.29, 1.82) is 5.26 Å². The molecule has 0 spiro atoms. The molecular formula is C11H13N3O2S2. The zero-order valence-electron chi connectivity index (χ0n) is 9.91. The third kappa shape index (κ3) is 2.60. The minimum Gasteiger partial charge on any atom is -0.351 e. The van der Waals surface area contributed by atoms with E-state index >= 15 is 0 Å². The second kappa shape index (κ2) is 5.16. The van der Waals surface area contributed by atoms with Crippen LogP contribution in [0.3, 0.4) is 0 Å². The number of nitriles is 1. The first-order valence-corrected chi connectivity index (χ1v) is 8.52. The highest BCUT2D eigenvalue weighted by atomic mass is 32.2. The summed E-state index contributed by atoms with van der Waals surface area (Å²) in [4.78, 5) is 5.77. The second-order valence-corrected chi connectivity index (χ2v) is 7.41. The number of hydrogen-bond acceptors (Lipinski definition) is 6. The third-order valence-corrected chi connectivity index (χ3v) is 5.45. The molecule has 2 heterocycles. The number of sulfone groups is 1. The summed E-state index contributed by atoms with van der Waals surface area (Å²) in [6, 6.07) is 3.69. The van der Waals surface area contributed by atoms with Gasteiger partial charge < -0.3 is 4.90 Å². The van der Waals surface area contributed by atoms with Crippen LogP contribution in [0.4, 0.5) is 5.69 Å². The zero-order chi connectivity index (χ0) is 13.2. The lowest BCUT2D eigenvalue weighted by atomic mass is 10.2. The molecule has 18 heavy (non-hydrogen) atoms. The first-order chi connectivity index (χ1) is 8.54. The van der Waals surface area contributed by atoms with Crippen molar-refractivity contribution in [3.05, 3.63) is 24.0 Å². The first kappa shape index (κ1) is 13.2. The van der Waals surface area contributed by atoms with Crippen LogP contribution in [-0.4, -0.2) is 43.1 Å². The number of nitrogens with zero attached hydrogens (tertiary/aromatic N) is 3. The molecule has 1 fully saturated rings. The number of pyridine rings is 1. The van der Waals surface area contributed by atoms with Gasteiger partial charge in [0, 0.05) is 30.5 Å². The molecular weight excluding hydrogens is 270 g/mol. The Morgan fingerprint density at radius 3 is 3.06 bits per heavy atom. The molecule has 0 aliphatic carbocycles. The average Bonchev–Trinajstić information content (AvgIpc) is 2.37. The monoisotopic (exact) mass is 283 g/mol. The Labute approximate surface area is 111 Å². The Morgan fingerprint density at radius 2 is 2.39 bits per heavy atom. The van der Waals surface area contributed by atoms with E-state index in [-0.39, 0.29) is 0 Å². The van der Waals surface area contributed by atoms with Crippen LogP contribution in [0.5, 0.6) is 0 Å². The van der Waals surface area contributed by atoms with Crippen molar-refractivity contribution in [2.24, 2.45) is 0 Å². The van der Waals surface area contributed by atoms with Crippen molar-refractivity contribution in [1.82, 2.24) is 4.98 Å². The molecule has 5 nitrogen and oxygen atoms in total. The van der Waals surface area contributed by atoms with Crippen LogP contribution in [-0.2, 0) is 9.84 Å². The highest BCUT2D eigenvalue weighted by molar-refractivity contribution is 8.01. The maximum Gasteiger partial charge on any atom is 0.169 e. The lowest BCUT2D eigenvalue weighted by molar-refractivity contribution is 0.584.